The van der Waals surface area contributed by atoms with Crippen molar-refractivity contribution in [2.75, 3.05) is 31.2 Å². The smallest absolute Gasteiger partial charge is 0.325 e. The van der Waals surface area contributed by atoms with Crippen LogP contribution in [0.1, 0.15) is 30.6 Å². The fraction of sp³-hybridized carbons (Fsp3) is 0.526. The minimum atomic E-state index is -3.14. The fourth-order valence-corrected chi connectivity index (χ4v) is 5.16. The molecule has 0 aliphatic carbocycles. The number of amides is 2. The molecule has 160 valence electrons. The van der Waals surface area contributed by atoms with Gasteiger partial charge in [-0.25, -0.2) is 8.42 Å². The van der Waals surface area contributed by atoms with Gasteiger partial charge in [-0.1, -0.05) is 35.8 Å². The number of benzene rings is 1. The van der Waals surface area contributed by atoms with Crippen molar-refractivity contribution in [2.45, 2.75) is 26.3 Å². The van der Waals surface area contributed by atoms with Crippen LogP contribution in [0.4, 0.5) is 0 Å². The second kappa shape index (κ2) is 10.2. The van der Waals surface area contributed by atoms with Crippen molar-refractivity contribution in [2.24, 2.45) is 5.92 Å². The van der Waals surface area contributed by atoms with E-state index in [-0.39, 0.29) is 24.0 Å². The van der Waals surface area contributed by atoms with E-state index in [1.54, 1.807) is 24.3 Å². The summed E-state index contributed by atoms with van der Waals surface area (Å²) in [7, 11) is -3.14. The Morgan fingerprint density at radius 2 is 2.03 bits per heavy atom. The highest BCUT2D eigenvalue weighted by atomic mass is 79.9. The van der Waals surface area contributed by atoms with Crippen molar-refractivity contribution in [1.82, 2.24) is 10.2 Å². The predicted molar refractivity (Wildman–Crippen MR) is 111 cm³/mol. The van der Waals surface area contributed by atoms with E-state index < -0.39 is 40.3 Å². The largest absolute Gasteiger partial charge is 0.454 e. The summed E-state index contributed by atoms with van der Waals surface area (Å²) in [5, 5.41) is 2.44. The Morgan fingerprint density at radius 3 is 2.62 bits per heavy atom. The topological polar surface area (TPSA) is 110 Å². The Bertz CT molecular complexity index is 871. The lowest BCUT2D eigenvalue weighted by Crippen LogP contribution is -2.45. The van der Waals surface area contributed by atoms with Crippen molar-refractivity contribution in [3.05, 3.63) is 34.3 Å². The van der Waals surface area contributed by atoms with Crippen LogP contribution in [0.2, 0.25) is 0 Å². The molecule has 1 aromatic rings. The molecule has 1 saturated heterocycles. The SMILES string of the molecule is CC(C)CN(C(=O)COC(=O)CNC(=O)c1cccc(Br)c1)C1CCS(=O)(=O)C1. The van der Waals surface area contributed by atoms with Crippen LogP contribution in [0.25, 0.3) is 0 Å². The molecular weight excluding hydrogens is 464 g/mol. The summed E-state index contributed by atoms with van der Waals surface area (Å²) in [6, 6.07) is 6.29. The minimum absolute atomic E-state index is 0.0565. The second-order valence-electron chi connectivity index (χ2n) is 7.35. The molecule has 1 aliphatic heterocycles. The van der Waals surface area contributed by atoms with Gasteiger partial charge in [0.25, 0.3) is 11.8 Å². The maximum atomic E-state index is 12.5. The highest BCUT2D eigenvalue weighted by molar-refractivity contribution is 9.10. The zero-order valence-corrected chi connectivity index (χ0v) is 18.8. The average molecular weight is 489 g/mol. The van der Waals surface area contributed by atoms with Crippen LogP contribution < -0.4 is 5.32 Å². The molecule has 1 N–H and O–H groups in total. The van der Waals surface area contributed by atoms with Gasteiger partial charge in [-0.05, 0) is 30.5 Å². The molecule has 0 spiro atoms. The third kappa shape index (κ3) is 7.43. The quantitative estimate of drug-likeness (QED) is 0.553. The summed E-state index contributed by atoms with van der Waals surface area (Å²) >= 11 is 3.27. The Labute approximate surface area is 179 Å². The standard InChI is InChI=1S/C19H25BrN2O6S/c1-13(2)10-22(16-6-7-29(26,27)12-16)17(23)11-28-18(24)9-21-19(25)14-4-3-5-15(20)8-14/h3-5,8,13,16H,6-7,9-12H2,1-2H3,(H,21,25). The lowest BCUT2D eigenvalue weighted by molar-refractivity contribution is -0.152. The van der Waals surface area contributed by atoms with Crippen molar-refractivity contribution < 1.29 is 27.5 Å². The summed E-state index contributed by atoms with van der Waals surface area (Å²) in [5.74, 6) is -1.49. The number of hydrogen-bond donors (Lipinski definition) is 1. The maximum absolute atomic E-state index is 12.5. The maximum Gasteiger partial charge on any atom is 0.325 e. The summed E-state index contributed by atoms with van der Waals surface area (Å²) < 4.78 is 29.2. The number of esters is 1. The van der Waals surface area contributed by atoms with E-state index in [0.717, 1.165) is 4.47 Å². The summed E-state index contributed by atoms with van der Waals surface area (Å²) in [6.45, 7) is 3.37. The summed E-state index contributed by atoms with van der Waals surface area (Å²) in [5.41, 5.74) is 0.383. The molecule has 8 nitrogen and oxygen atoms in total. The van der Waals surface area contributed by atoms with Gasteiger partial charge in [0.2, 0.25) is 0 Å². The first kappa shape index (κ1) is 23.3. The van der Waals surface area contributed by atoms with Crippen molar-refractivity contribution in [3.63, 3.8) is 0 Å². The minimum Gasteiger partial charge on any atom is -0.454 e. The molecule has 29 heavy (non-hydrogen) atoms. The highest BCUT2D eigenvalue weighted by Crippen LogP contribution is 2.19. The number of hydrogen-bond acceptors (Lipinski definition) is 6. The molecule has 1 unspecified atom stereocenters. The molecule has 10 heteroatoms. The number of carbonyl (C=O) groups excluding carboxylic acids is 3. The van der Waals surface area contributed by atoms with E-state index in [2.05, 4.69) is 21.2 Å². The zero-order valence-electron chi connectivity index (χ0n) is 16.4. The molecule has 0 bridgehead atoms. The van der Waals surface area contributed by atoms with Crippen LogP contribution in [-0.2, 0) is 24.2 Å². The van der Waals surface area contributed by atoms with Crippen LogP contribution >= 0.6 is 15.9 Å². The van der Waals surface area contributed by atoms with Crippen molar-refractivity contribution in [3.8, 4) is 0 Å². The molecule has 1 fully saturated rings. The van der Waals surface area contributed by atoms with Gasteiger partial charge >= 0.3 is 5.97 Å². The summed E-state index contributed by atoms with van der Waals surface area (Å²) in [6.07, 6.45) is 0.386. The molecule has 2 rings (SSSR count). The normalized spacial score (nSPS) is 17.7. The number of carbonyl (C=O) groups is 3. The number of nitrogens with zero attached hydrogens (tertiary/aromatic N) is 1. The van der Waals surface area contributed by atoms with Crippen molar-refractivity contribution >= 4 is 43.6 Å². The van der Waals surface area contributed by atoms with Gasteiger partial charge in [0.15, 0.2) is 16.4 Å². The van der Waals surface area contributed by atoms with Crippen LogP contribution in [0.15, 0.2) is 28.7 Å². The lowest BCUT2D eigenvalue weighted by Gasteiger charge is -2.29. The van der Waals surface area contributed by atoms with E-state index in [1.807, 2.05) is 13.8 Å². The fourth-order valence-electron chi connectivity index (χ4n) is 3.03. The van der Waals surface area contributed by atoms with Gasteiger partial charge in [-0.3, -0.25) is 14.4 Å². The van der Waals surface area contributed by atoms with Crippen molar-refractivity contribution in [1.29, 1.82) is 0 Å². The van der Waals surface area contributed by atoms with Gasteiger partial charge in [0.1, 0.15) is 6.54 Å². The van der Waals surface area contributed by atoms with E-state index in [0.29, 0.717) is 18.5 Å². The van der Waals surface area contributed by atoms with Crippen LogP contribution in [0.5, 0.6) is 0 Å². The second-order valence-corrected chi connectivity index (χ2v) is 10.5. The Kier molecular flexibility index (Phi) is 8.21. The van der Waals surface area contributed by atoms with E-state index in [4.69, 9.17) is 4.74 Å². The molecule has 0 saturated carbocycles. The number of nitrogens with one attached hydrogen (secondary N) is 1. The average Bonchev–Trinajstić information content (AvgIpc) is 3.01. The molecule has 1 atom stereocenters. The van der Waals surface area contributed by atoms with E-state index >= 15 is 0 Å². The monoisotopic (exact) mass is 488 g/mol. The predicted octanol–water partition coefficient (Wildman–Crippen LogP) is 1.39. The third-order valence-corrected chi connectivity index (χ3v) is 6.61. The van der Waals surface area contributed by atoms with Crippen LogP contribution in [0.3, 0.4) is 0 Å². The molecule has 0 aromatic heterocycles. The lowest BCUT2D eigenvalue weighted by atomic mass is 10.1. The van der Waals surface area contributed by atoms with Gasteiger partial charge < -0.3 is 15.0 Å². The summed E-state index contributed by atoms with van der Waals surface area (Å²) in [4.78, 5) is 38.0. The Balaban J connectivity index is 1.85. The van der Waals surface area contributed by atoms with Gasteiger partial charge in [-0.2, -0.15) is 0 Å². The van der Waals surface area contributed by atoms with E-state index in [9.17, 15) is 22.8 Å². The molecule has 1 aromatic carbocycles. The highest BCUT2D eigenvalue weighted by Gasteiger charge is 2.35. The number of rotatable bonds is 8. The number of halogens is 1. The van der Waals surface area contributed by atoms with Gasteiger partial charge in [0.05, 0.1) is 11.5 Å². The first-order chi connectivity index (χ1) is 13.6. The van der Waals surface area contributed by atoms with E-state index in [1.165, 1.54) is 4.90 Å². The van der Waals surface area contributed by atoms with Gasteiger partial charge in [-0.15, -0.1) is 0 Å². The van der Waals surface area contributed by atoms with Crippen LogP contribution in [0, 0.1) is 5.92 Å². The number of sulfone groups is 1. The molecule has 1 heterocycles. The number of ether oxygens (including phenoxy) is 1. The zero-order chi connectivity index (χ0) is 21.6. The Hall–Kier alpha value is -1.94. The molecular formula is C19H25BrN2O6S. The van der Waals surface area contributed by atoms with Gasteiger partial charge in [0, 0.05) is 22.6 Å². The molecule has 1 aliphatic rings. The first-order valence-corrected chi connectivity index (χ1v) is 11.9. The molecule has 2 amide bonds. The Morgan fingerprint density at radius 1 is 1.31 bits per heavy atom. The third-order valence-electron chi connectivity index (χ3n) is 4.37. The van der Waals surface area contributed by atoms with Crippen LogP contribution in [-0.4, -0.2) is 68.3 Å². The molecule has 0 radical (unpaired) electrons. The first-order valence-electron chi connectivity index (χ1n) is 9.26.